The normalized spacial score (nSPS) is 15.9. The number of primary sulfonamides is 1. The number of nitrogens with zero attached hydrogens (tertiary/aromatic N) is 1. The lowest BCUT2D eigenvalue weighted by Gasteiger charge is -2.26. The molecule has 1 aromatic carbocycles. The third kappa shape index (κ3) is 6.44. The van der Waals surface area contributed by atoms with Crippen molar-refractivity contribution in [1.29, 1.82) is 0 Å². The molecule has 1 aliphatic heterocycles. The molecule has 0 aliphatic carbocycles. The van der Waals surface area contributed by atoms with Gasteiger partial charge < -0.3 is 15.4 Å². The number of benzene rings is 1. The van der Waals surface area contributed by atoms with Crippen LogP contribution in [0, 0.1) is 0 Å². The zero-order chi connectivity index (χ0) is 17.4. The first-order valence-corrected chi connectivity index (χ1v) is 9.43. The van der Waals surface area contributed by atoms with Gasteiger partial charge >= 0.3 is 6.03 Å². The van der Waals surface area contributed by atoms with Gasteiger partial charge in [-0.3, -0.25) is 4.90 Å². The smallest absolute Gasteiger partial charge is 0.314 e. The first-order chi connectivity index (χ1) is 11.4. The summed E-state index contributed by atoms with van der Waals surface area (Å²) in [6, 6.07) is 6.11. The third-order valence-corrected chi connectivity index (χ3v) is 4.70. The molecule has 0 spiro atoms. The standard InChI is InChI=1S/C15H24N4O4S/c16-24(21,22)14-3-1-13(2-4-14)5-6-17-15(20)18-7-8-19-9-11-23-12-10-19/h1-4H,5-12H2,(H2,16,21,22)(H2,17,18,20). The summed E-state index contributed by atoms with van der Waals surface area (Å²) >= 11 is 0. The summed E-state index contributed by atoms with van der Waals surface area (Å²) in [5.41, 5.74) is 0.927. The van der Waals surface area contributed by atoms with E-state index in [1.807, 2.05) is 0 Å². The predicted molar refractivity (Wildman–Crippen MR) is 90.2 cm³/mol. The number of ether oxygens (including phenoxy) is 1. The monoisotopic (exact) mass is 356 g/mol. The van der Waals surface area contributed by atoms with Crippen LogP contribution in [0.1, 0.15) is 5.56 Å². The molecule has 0 unspecified atom stereocenters. The highest BCUT2D eigenvalue weighted by molar-refractivity contribution is 7.89. The molecule has 4 N–H and O–H groups in total. The van der Waals surface area contributed by atoms with Crippen LogP contribution in [0.15, 0.2) is 29.2 Å². The van der Waals surface area contributed by atoms with Crippen molar-refractivity contribution >= 4 is 16.1 Å². The summed E-state index contributed by atoms with van der Waals surface area (Å²) in [4.78, 5) is 14.0. The van der Waals surface area contributed by atoms with Crippen molar-refractivity contribution in [2.45, 2.75) is 11.3 Å². The van der Waals surface area contributed by atoms with Crippen molar-refractivity contribution < 1.29 is 17.9 Å². The molecule has 1 heterocycles. The van der Waals surface area contributed by atoms with Gasteiger partial charge in [0.25, 0.3) is 0 Å². The van der Waals surface area contributed by atoms with Crippen LogP contribution in [-0.2, 0) is 21.2 Å². The van der Waals surface area contributed by atoms with Gasteiger partial charge in [-0.05, 0) is 24.1 Å². The second kappa shape index (κ2) is 8.97. The van der Waals surface area contributed by atoms with Gasteiger partial charge in [-0.15, -0.1) is 0 Å². The predicted octanol–water partition coefficient (Wildman–Crippen LogP) is -0.492. The van der Waals surface area contributed by atoms with Crippen LogP contribution < -0.4 is 15.8 Å². The number of carbonyl (C=O) groups is 1. The highest BCUT2D eigenvalue weighted by atomic mass is 32.2. The van der Waals surface area contributed by atoms with Crippen LogP contribution >= 0.6 is 0 Å². The quantitative estimate of drug-likeness (QED) is 0.610. The lowest BCUT2D eigenvalue weighted by atomic mass is 10.1. The Bertz CT molecular complexity index is 627. The summed E-state index contributed by atoms with van der Waals surface area (Å²) in [7, 11) is -3.66. The maximum Gasteiger partial charge on any atom is 0.314 e. The third-order valence-electron chi connectivity index (χ3n) is 3.77. The van der Waals surface area contributed by atoms with Crippen molar-refractivity contribution in [3.8, 4) is 0 Å². The Morgan fingerprint density at radius 1 is 1.12 bits per heavy atom. The van der Waals surface area contributed by atoms with Gasteiger partial charge in [0.1, 0.15) is 0 Å². The molecule has 1 saturated heterocycles. The van der Waals surface area contributed by atoms with Crippen molar-refractivity contribution in [1.82, 2.24) is 15.5 Å². The van der Waals surface area contributed by atoms with Crippen molar-refractivity contribution in [3.63, 3.8) is 0 Å². The van der Waals surface area contributed by atoms with E-state index in [4.69, 9.17) is 9.88 Å². The summed E-state index contributed by atoms with van der Waals surface area (Å²) in [6.07, 6.45) is 0.613. The Labute approximate surface area is 142 Å². The van der Waals surface area contributed by atoms with E-state index in [9.17, 15) is 13.2 Å². The van der Waals surface area contributed by atoms with E-state index in [0.29, 0.717) is 19.5 Å². The largest absolute Gasteiger partial charge is 0.379 e. The van der Waals surface area contributed by atoms with Crippen LogP contribution in [0.5, 0.6) is 0 Å². The van der Waals surface area contributed by atoms with Crippen LogP contribution in [0.2, 0.25) is 0 Å². The van der Waals surface area contributed by atoms with Crippen molar-refractivity contribution in [2.24, 2.45) is 5.14 Å². The molecule has 0 radical (unpaired) electrons. The zero-order valence-corrected chi connectivity index (χ0v) is 14.3. The molecule has 9 heteroatoms. The van der Waals surface area contributed by atoms with Gasteiger partial charge in [-0.1, -0.05) is 12.1 Å². The molecule has 0 aromatic heterocycles. The molecule has 134 valence electrons. The molecule has 2 amide bonds. The minimum absolute atomic E-state index is 0.0834. The second-order valence-corrected chi connectivity index (χ2v) is 7.14. The van der Waals surface area contributed by atoms with E-state index in [0.717, 1.165) is 38.4 Å². The van der Waals surface area contributed by atoms with Gasteiger partial charge in [0.2, 0.25) is 10.0 Å². The number of hydrogen-bond donors (Lipinski definition) is 3. The van der Waals surface area contributed by atoms with E-state index >= 15 is 0 Å². The number of sulfonamides is 1. The average Bonchev–Trinajstić information content (AvgIpc) is 2.55. The first-order valence-electron chi connectivity index (χ1n) is 7.89. The first kappa shape index (κ1) is 18.7. The Balaban J connectivity index is 1.61. The highest BCUT2D eigenvalue weighted by Gasteiger charge is 2.10. The molecule has 0 atom stereocenters. The fourth-order valence-corrected chi connectivity index (χ4v) is 2.90. The molecular weight excluding hydrogens is 332 g/mol. The Morgan fingerprint density at radius 3 is 2.38 bits per heavy atom. The summed E-state index contributed by atoms with van der Waals surface area (Å²) < 4.78 is 27.6. The summed E-state index contributed by atoms with van der Waals surface area (Å²) in [5.74, 6) is 0. The van der Waals surface area contributed by atoms with Crippen molar-refractivity contribution in [3.05, 3.63) is 29.8 Å². The van der Waals surface area contributed by atoms with E-state index in [1.54, 1.807) is 12.1 Å². The minimum Gasteiger partial charge on any atom is -0.379 e. The zero-order valence-electron chi connectivity index (χ0n) is 13.5. The van der Waals surface area contributed by atoms with Gasteiger partial charge in [0.05, 0.1) is 18.1 Å². The maximum absolute atomic E-state index is 11.7. The fraction of sp³-hybridized carbons (Fsp3) is 0.533. The molecule has 1 aromatic rings. The molecule has 8 nitrogen and oxygen atoms in total. The molecule has 0 saturated carbocycles. The van der Waals surface area contributed by atoms with Crippen LogP contribution in [0.3, 0.4) is 0 Å². The van der Waals surface area contributed by atoms with Crippen LogP contribution in [-0.4, -0.2) is 65.3 Å². The number of morpholine rings is 1. The fourth-order valence-electron chi connectivity index (χ4n) is 2.38. The highest BCUT2D eigenvalue weighted by Crippen LogP contribution is 2.08. The van der Waals surface area contributed by atoms with E-state index < -0.39 is 10.0 Å². The van der Waals surface area contributed by atoms with E-state index in [-0.39, 0.29) is 10.9 Å². The Hall–Kier alpha value is -1.68. The number of carbonyl (C=O) groups excluding carboxylic acids is 1. The Kier molecular flexibility index (Phi) is 6.98. The maximum atomic E-state index is 11.7. The number of urea groups is 1. The SMILES string of the molecule is NS(=O)(=O)c1ccc(CCNC(=O)NCCN2CCOCC2)cc1. The lowest BCUT2D eigenvalue weighted by molar-refractivity contribution is 0.0387. The van der Waals surface area contributed by atoms with Gasteiger partial charge in [-0.25, -0.2) is 18.4 Å². The van der Waals surface area contributed by atoms with Gasteiger partial charge in [0.15, 0.2) is 0 Å². The number of hydrogen-bond acceptors (Lipinski definition) is 5. The second-order valence-electron chi connectivity index (χ2n) is 5.58. The van der Waals surface area contributed by atoms with Gasteiger partial charge in [0, 0.05) is 32.7 Å². The Morgan fingerprint density at radius 2 is 1.75 bits per heavy atom. The molecule has 0 bridgehead atoms. The summed E-state index contributed by atoms with van der Waals surface area (Å²) in [5, 5.41) is 10.6. The molecule has 1 aliphatic rings. The molecule has 24 heavy (non-hydrogen) atoms. The number of rotatable bonds is 7. The molecule has 2 rings (SSSR count). The lowest BCUT2D eigenvalue weighted by Crippen LogP contribution is -2.44. The average molecular weight is 356 g/mol. The topological polar surface area (TPSA) is 114 Å². The number of nitrogens with one attached hydrogen (secondary N) is 2. The van der Waals surface area contributed by atoms with Gasteiger partial charge in [-0.2, -0.15) is 0 Å². The van der Waals surface area contributed by atoms with E-state index in [2.05, 4.69) is 15.5 Å². The van der Waals surface area contributed by atoms with E-state index in [1.165, 1.54) is 12.1 Å². The minimum atomic E-state index is -3.66. The molecular formula is C15H24N4O4S. The summed E-state index contributed by atoms with van der Waals surface area (Å²) in [6.45, 7) is 5.17. The number of nitrogens with two attached hydrogens (primary N) is 1. The number of amides is 2. The molecule has 1 fully saturated rings. The van der Waals surface area contributed by atoms with Crippen LogP contribution in [0.4, 0.5) is 4.79 Å². The van der Waals surface area contributed by atoms with Crippen molar-refractivity contribution in [2.75, 3.05) is 45.9 Å². The van der Waals surface area contributed by atoms with Crippen LogP contribution in [0.25, 0.3) is 0 Å².